The standard InChI is InChI=1S/C14H20N2O4/c1-10(13(17)18)6-5-9-15-14(19)16-11-7-3-4-8-12(11)20-2/h3-4,7-8,10H,5-6,9H2,1-2H3,(H,17,18)(H2,15,16,19). The molecule has 0 fully saturated rings. The van der Waals surface area contributed by atoms with Gasteiger partial charge in [-0.1, -0.05) is 19.1 Å². The molecule has 0 aromatic heterocycles. The summed E-state index contributed by atoms with van der Waals surface area (Å²) in [4.78, 5) is 22.3. The second-order valence-corrected chi connectivity index (χ2v) is 4.46. The van der Waals surface area contributed by atoms with Gasteiger partial charge in [-0.2, -0.15) is 0 Å². The molecule has 0 aliphatic heterocycles. The number of methoxy groups -OCH3 is 1. The van der Waals surface area contributed by atoms with Gasteiger partial charge in [0.15, 0.2) is 0 Å². The Morgan fingerprint density at radius 1 is 1.35 bits per heavy atom. The fourth-order valence-corrected chi connectivity index (χ4v) is 1.65. The van der Waals surface area contributed by atoms with Crippen molar-refractivity contribution in [3.63, 3.8) is 0 Å². The smallest absolute Gasteiger partial charge is 0.319 e. The lowest BCUT2D eigenvalue weighted by Crippen LogP contribution is -2.30. The predicted octanol–water partition coefficient (Wildman–Crippen LogP) is 2.32. The summed E-state index contributed by atoms with van der Waals surface area (Å²) in [6.07, 6.45) is 1.15. The van der Waals surface area contributed by atoms with Crippen LogP contribution in [0.2, 0.25) is 0 Å². The van der Waals surface area contributed by atoms with E-state index < -0.39 is 11.9 Å². The number of rotatable bonds is 7. The molecule has 1 unspecified atom stereocenters. The van der Waals surface area contributed by atoms with E-state index >= 15 is 0 Å². The maximum absolute atomic E-state index is 11.7. The molecule has 0 aliphatic carbocycles. The van der Waals surface area contributed by atoms with Gasteiger partial charge in [-0.15, -0.1) is 0 Å². The lowest BCUT2D eigenvalue weighted by Gasteiger charge is -2.11. The molecule has 6 nitrogen and oxygen atoms in total. The largest absolute Gasteiger partial charge is 0.495 e. The molecule has 1 atom stereocenters. The average molecular weight is 280 g/mol. The van der Waals surface area contributed by atoms with E-state index in [-0.39, 0.29) is 6.03 Å². The van der Waals surface area contributed by atoms with Crippen molar-refractivity contribution in [1.82, 2.24) is 5.32 Å². The fourth-order valence-electron chi connectivity index (χ4n) is 1.65. The number of hydrogen-bond acceptors (Lipinski definition) is 3. The zero-order valence-electron chi connectivity index (χ0n) is 11.7. The Labute approximate surface area is 118 Å². The van der Waals surface area contributed by atoms with Gasteiger partial charge in [-0.3, -0.25) is 4.79 Å². The summed E-state index contributed by atoms with van der Waals surface area (Å²) in [6.45, 7) is 2.08. The quantitative estimate of drug-likeness (QED) is 0.669. The number of carbonyl (C=O) groups is 2. The van der Waals surface area contributed by atoms with Crippen molar-refractivity contribution in [3.8, 4) is 5.75 Å². The summed E-state index contributed by atoms with van der Waals surface area (Å²) in [7, 11) is 1.53. The Kier molecular flexibility index (Phi) is 6.36. The number of hydrogen-bond donors (Lipinski definition) is 3. The predicted molar refractivity (Wildman–Crippen MR) is 76.0 cm³/mol. The van der Waals surface area contributed by atoms with Crippen LogP contribution in [0.4, 0.5) is 10.5 Å². The van der Waals surface area contributed by atoms with Crippen molar-refractivity contribution in [3.05, 3.63) is 24.3 Å². The van der Waals surface area contributed by atoms with Gasteiger partial charge in [0.1, 0.15) is 5.75 Å². The van der Waals surface area contributed by atoms with Crippen molar-refractivity contribution in [1.29, 1.82) is 0 Å². The highest BCUT2D eigenvalue weighted by Crippen LogP contribution is 2.22. The highest BCUT2D eigenvalue weighted by atomic mass is 16.5. The first-order chi connectivity index (χ1) is 9.54. The van der Waals surface area contributed by atoms with Gasteiger partial charge in [0, 0.05) is 6.54 Å². The number of ether oxygens (including phenoxy) is 1. The fraction of sp³-hybridized carbons (Fsp3) is 0.429. The van der Waals surface area contributed by atoms with Crippen molar-refractivity contribution in [2.24, 2.45) is 5.92 Å². The lowest BCUT2D eigenvalue weighted by molar-refractivity contribution is -0.141. The molecule has 6 heteroatoms. The molecule has 0 saturated heterocycles. The van der Waals surface area contributed by atoms with E-state index in [4.69, 9.17) is 9.84 Å². The van der Waals surface area contributed by atoms with Gasteiger partial charge in [0.25, 0.3) is 0 Å². The van der Waals surface area contributed by atoms with E-state index in [0.717, 1.165) is 0 Å². The van der Waals surface area contributed by atoms with Crippen LogP contribution in [-0.2, 0) is 4.79 Å². The molecule has 0 spiro atoms. The van der Waals surface area contributed by atoms with Gasteiger partial charge in [0.05, 0.1) is 18.7 Å². The molecular weight excluding hydrogens is 260 g/mol. The second kappa shape index (κ2) is 8.04. The average Bonchev–Trinajstić information content (AvgIpc) is 2.43. The number of para-hydroxylation sites is 2. The van der Waals surface area contributed by atoms with Gasteiger partial charge < -0.3 is 20.5 Å². The van der Waals surface area contributed by atoms with E-state index in [2.05, 4.69) is 10.6 Å². The zero-order chi connectivity index (χ0) is 15.0. The van der Waals surface area contributed by atoms with Crippen LogP contribution >= 0.6 is 0 Å². The van der Waals surface area contributed by atoms with Crippen LogP contribution in [0.25, 0.3) is 0 Å². The van der Waals surface area contributed by atoms with Crippen LogP contribution in [0.3, 0.4) is 0 Å². The van der Waals surface area contributed by atoms with E-state index in [1.165, 1.54) is 7.11 Å². The minimum Gasteiger partial charge on any atom is -0.495 e. The first kappa shape index (κ1) is 15.8. The number of anilines is 1. The van der Waals surface area contributed by atoms with Crippen molar-refractivity contribution >= 4 is 17.7 Å². The van der Waals surface area contributed by atoms with Crippen LogP contribution in [0.15, 0.2) is 24.3 Å². The minimum atomic E-state index is -0.816. The third-order valence-electron chi connectivity index (χ3n) is 2.88. The Morgan fingerprint density at radius 2 is 2.05 bits per heavy atom. The number of carbonyl (C=O) groups excluding carboxylic acids is 1. The van der Waals surface area contributed by atoms with Gasteiger partial charge >= 0.3 is 12.0 Å². The summed E-state index contributed by atoms with van der Waals surface area (Å²) < 4.78 is 5.12. The van der Waals surface area contributed by atoms with E-state index in [1.807, 2.05) is 6.07 Å². The minimum absolute atomic E-state index is 0.336. The van der Waals surface area contributed by atoms with Gasteiger partial charge in [0.2, 0.25) is 0 Å². The molecule has 1 aromatic rings. The van der Waals surface area contributed by atoms with Crippen molar-refractivity contribution < 1.29 is 19.4 Å². The molecule has 0 radical (unpaired) electrons. The molecule has 3 N–H and O–H groups in total. The zero-order valence-corrected chi connectivity index (χ0v) is 11.7. The Balaban J connectivity index is 2.32. The van der Waals surface area contributed by atoms with Gasteiger partial charge in [-0.25, -0.2) is 4.79 Å². The van der Waals surface area contributed by atoms with Crippen molar-refractivity contribution in [2.75, 3.05) is 19.0 Å². The summed E-state index contributed by atoms with van der Waals surface area (Å²) in [5.41, 5.74) is 0.589. The number of urea groups is 1. The lowest BCUT2D eigenvalue weighted by atomic mass is 10.1. The Hall–Kier alpha value is -2.24. The molecule has 0 aliphatic rings. The first-order valence-electron chi connectivity index (χ1n) is 6.45. The molecule has 1 aromatic carbocycles. The Morgan fingerprint density at radius 3 is 2.70 bits per heavy atom. The third kappa shape index (κ3) is 5.17. The van der Waals surface area contributed by atoms with Crippen molar-refractivity contribution in [2.45, 2.75) is 19.8 Å². The molecular formula is C14H20N2O4. The van der Waals surface area contributed by atoms with E-state index in [9.17, 15) is 9.59 Å². The molecule has 0 heterocycles. The van der Waals surface area contributed by atoms with E-state index in [1.54, 1.807) is 25.1 Å². The molecule has 0 saturated carbocycles. The van der Waals surface area contributed by atoms with Gasteiger partial charge in [-0.05, 0) is 25.0 Å². The van der Waals surface area contributed by atoms with Crippen LogP contribution in [-0.4, -0.2) is 30.8 Å². The van der Waals surface area contributed by atoms with Crippen LogP contribution in [0, 0.1) is 5.92 Å². The third-order valence-corrected chi connectivity index (χ3v) is 2.88. The number of nitrogens with one attached hydrogen (secondary N) is 2. The van der Waals surface area contributed by atoms with E-state index in [0.29, 0.717) is 30.8 Å². The molecule has 2 amide bonds. The molecule has 1 rings (SSSR count). The summed E-state index contributed by atoms with van der Waals surface area (Å²) in [5.74, 6) is -0.625. The number of benzene rings is 1. The summed E-state index contributed by atoms with van der Waals surface area (Å²) in [6, 6.07) is 6.77. The first-order valence-corrected chi connectivity index (χ1v) is 6.45. The summed E-state index contributed by atoms with van der Waals surface area (Å²) in [5, 5.41) is 14.1. The molecule has 0 bridgehead atoms. The molecule has 110 valence electrons. The number of carboxylic acids is 1. The normalized spacial score (nSPS) is 11.5. The molecule has 20 heavy (non-hydrogen) atoms. The van der Waals surface area contributed by atoms with Crippen LogP contribution in [0.5, 0.6) is 5.75 Å². The summed E-state index contributed by atoms with van der Waals surface area (Å²) >= 11 is 0. The number of amides is 2. The van der Waals surface area contributed by atoms with Crippen LogP contribution < -0.4 is 15.4 Å². The number of aliphatic carboxylic acids is 1. The topological polar surface area (TPSA) is 87.7 Å². The highest BCUT2D eigenvalue weighted by molar-refractivity contribution is 5.90. The SMILES string of the molecule is COc1ccccc1NC(=O)NCCCC(C)C(=O)O. The monoisotopic (exact) mass is 280 g/mol. The second-order valence-electron chi connectivity index (χ2n) is 4.46. The highest BCUT2D eigenvalue weighted by Gasteiger charge is 2.10. The Bertz CT molecular complexity index is 462. The van der Waals surface area contributed by atoms with Crippen LogP contribution in [0.1, 0.15) is 19.8 Å². The maximum atomic E-state index is 11.7. The number of carboxylic acid groups (broad SMARTS) is 1. The maximum Gasteiger partial charge on any atom is 0.319 e.